The maximum absolute atomic E-state index is 5.91. The topological polar surface area (TPSA) is 72.9 Å². The van der Waals surface area contributed by atoms with Gasteiger partial charge >= 0.3 is 0 Å². The fraction of sp³-hybridized carbons (Fsp3) is 0.353. The Morgan fingerprint density at radius 2 is 1.67 bits per heavy atom. The molecule has 1 aliphatic heterocycles. The Kier molecular flexibility index (Phi) is 4.08. The molecular weight excluding hydrogens is 324 g/mol. The van der Waals surface area contributed by atoms with E-state index in [-0.39, 0.29) is 5.28 Å². The van der Waals surface area contributed by atoms with Gasteiger partial charge in [0.1, 0.15) is 5.82 Å². The van der Waals surface area contributed by atoms with E-state index < -0.39 is 0 Å². The molecule has 0 unspecified atom stereocenters. The Labute approximate surface area is 145 Å². The third kappa shape index (κ3) is 3.07. The molecule has 24 heavy (non-hydrogen) atoms. The molecule has 2 N–H and O–H groups in total. The van der Waals surface area contributed by atoms with Gasteiger partial charge < -0.3 is 5.73 Å². The maximum atomic E-state index is 5.91. The quantitative estimate of drug-likeness (QED) is 0.738. The summed E-state index contributed by atoms with van der Waals surface area (Å²) >= 11 is 5.91. The van der Waals surface area contributed by atoms with E-state index in [1.807, 2.05) is 0 Å². The molecule has 6 nitrogen and oxygen atoms in total. The number of likely N-dealkylation sites (tertiary alicyclic amines) is 1. The van der Waals surface area contributed by atoms with Crippen molar-refractivity contribution in [2.24, 2.45) is 0 Å². The summed E-state index contributed by atoms with van der Waals surface area (Å²) in [6.07, 6.45) is 4.32. The average molecular weight is 343 g/mol. The van der Waals surface area contributed by atoms with E-state index in [4.69, 9.17) is 17.3 Å². The van der Waals surface area contributed by atoms with Crippen LogP contribution in [0.4, 0.5) is 5.82 Å². The van der Waals surface area contributed by atoms with Crippen molar-refractivity contribution in [2.45, 2.75) is 25.9 Å². The first kappa shape index (κ1) is 15.4. The van der Waals surface area contributed by atoms with Crippen LogP contribution in [0.15, 0.2) is 30.5 Å². The lowest BCUT2D eigenvalue weighted by molar-refractivity contribution is 0.331. The van der Waals surface area contributed by atoms with Gasteiger partial charge in [0.25, 0.3) is 0 Å². The third-order valence-electron chi connectivity index (χ3n) is 4.46. The van der Waals surface area contributed by atoms with Crippen LogP contribution in [0.1, 0.15) is 24.0 Å². The number of hydrogen-bond acceptors (Lipinski definition) is 5. The first-order valence-electron chi connectivity index (χ1n) is 8.14. The number of aromatic nitrogens is 4. The van der Waals surface area contributed by atoms with Crippen LogP contribution < -0.4 is 5.73 Å². The predicted molar refractivity (Wildman–Crippen MR) is 94.8 cm³/mol. The molecule has 0 radical (unpaired) electrons. The maximum Gasteiger partial charge on any atom is 0.226 e. The van der Waals surface area contributed by atoms with E-state index >= 15 is 0 Å². The number of fused-ring (bicyclic) bond motifs is 1. The van der Waals surface area contributed by atoms with E-state index in [0.29, 0.717) is 18.0 Å². The molecule has 3 aromatic rings. The van der Waals surface area contributed by atoms with Gasteiger partial charge in [-0.2, -0.15) is 10.1 Å². The summed E-state index contributed by atoms with van der Waals surface area (Å²) in [4.78, 5) is 10.7. The van der Waals surface area contributed by atoms with Gasteiger partial charge in [0.2, 0.25) is 5.28 Å². The molecule has 7 heteroatoms. The second-order valence-electron chi connectivity index (χ2n) is 6.22. The van der Waals surface area contributed by atoms with Gasteiger partial charge in [-0.15, -0.1) is 0 Å². The number of anilines is 1. The second kappa shape index (κ2) is 6.37. The first-order chi connectivity index (χ1) is 11.7. The molecular formula is C17H19ClN6. The normalized spacial score (nSPS) is 15.4. The summed E-state index contributed by atoms with van der Waals surface area (Å²) in [5.41, 5.74) is 9.04. The minimum absolute atomic E-state index is 0.141. The van der Waals surface area contributed by atoms with Crippen molar-refractivity contribution < 1.29 is 0 Å². The molecule has 0 saturated carbocycles. The lowest BCUT2D eigenvalue weighted by Gasteiger charge is -2.14. The molecule has 0 aliphatic carbocycles. The zero-order valence-electron chi connectivity index (χ0n) is 13.3. The van der Waals surface area contributed by atoms with Gasteiger partial charge in [-0.25, -0.2) is 9.67 Å². The molecule has 0 spiro atoms. The molecule has 0 atom stereocenters. The zero-order chi connectivity index (χ0) is 16.5. The summed E-state index contributed by atoms with van der Waals surface area (Å²) in [7, 11) is 0. The third-order valence-corrected chi connectivity index (χ3v) is 4.63. The van der Waals surface area contributed by atoms with Crippen LogP contribution in [-0.2, 0) is 13.1 Å². The number of benzene rings is 1. The highest BCUT2D eigenvalue weighted by atomic mass is 35.5. The van der Waals surface area contributed by atoms with Crippen molar-refractivity contribution in [1.82, 2.24) is 24.6 Å². The fourth-order valence-corrected chi connectivity index (χ4v) is 3.36. The van der Waals surface area contributed by atoms with Crippen LogP contribution in [0, 0.1) is 0 Å². The lowest BCUT2D eigenvalue weighted by Crippen LogP contribution is -2.18. The van der Waals surface area contributed by atoms with Gasteiger partial charge in [0.15, 0.2) is 5.65 Å². The molecule has 2 aromatic heterocycles. The van der Waals surface area contributed by atoms with Crippen molar-refractivity contribution in [3.8, 4) is 0 Å². The van der Waals surface area contributed by atoms with Gasteiger partial charge in [-0.1, -0.05) is 24.3 Å². The van der Waals surface area contributed by atoms with Crippen LogP contribution in [0.5, 0.6) is 0 Å². The highest BCUT2D eigenvalue weighted by molar-refractivity contribution is 6.28. The van der Waals surface area contributed by atoms with Gasteiger partial charge in [-0.3, -0.25) is 4.90 Å². The largest absolute Gasteiger partial charge is 0.383 e. The Morgan fingerprint density at radius 3 is 2.38 bits per heavy atom. The van der Waals surface area contributed by atoms with E-state index in [1.165, 1.54) is 37.1 Å². The number of halogens is 1. The minimum atomic E-state index is 0.141. The van der Waals surface area contributed by atoms with E-state index in [9.17, 15) is 0 Å². The zero-order valence-corrected chi connectivity index (χ0v) is 14.1. The first-order valence-corrected chi connectivity index (χ1v) is 8.51. The van der Waals surface area contributed by atoms with Crippen LogP contribution in [-0.4, -0.2) is 37.7 Å². The molecule has 0 bridgehead atoms. The molecule has 3 heterocycles. The standard InChI is InChI=1S/C17H19ClN6/c18-17-21-15(19)14-9-20-24(16(14)22-17)11-13-5-3-12(4-6-13)10-23-7-1-2-8-23/h3-6,9H,1-2,7-8,10-11H2,(H2,19,21,22). The number of nitrogens with two attached hydrogens (primary N) is 1. The summed E-state index contributed by atoms with van der Waals surface area (Å²) in [5, 5.41) is 5.23. The van der Waals surface area contributed by atoms with Crippen molar-refractivity contribution in [1.29, 1.82) is 0 Å². The van der Waals surface area contributed by atoms with E-state index in [1.54, 1.807) is 10.9 Å². The highest BCUT2D eigenvalue weighted by Crippen LogP contribution is 2.20. The molecule has 0 amide bonds. The summed E-state index contributed by atoms with van der Waals surface area (Å²) < 4.78 is 1.80. The van der Waals surface area contributed by atoms with Gasteiger partial charge in [0.05, 0.1) is 18.1 Å². The second-order valence-corrected chi connectivity index (χ2v) is 6.56. The number of hydrogen-bond donors (Lipinski definition) is 1. The van der Waals surface area contributed by atoms with Crippen molar-refractivity contribution in [2.75, 3.05) is 18.8 Å². The van der Waals surface area contributed by atoms with Crippen LogP contribution >= 0.6 is 11.6 Å². The van der Waals surface area contributed by atoms with Crippen LogP contribution in [0.2, 0.25) is 5.28 Å². The molecule has 124 valence electrons. The van der Waals surface area contributed by atoms with Crippen molar-refractivity contribution in [3.63, 3.8) is 0 Å². The predicted octanol–water partition coefficient (Wildman–Crippen LogP) is 2.71. The van der Waals surface area contributed by atoms with Crippen molar-refractivity contribution >= 4 is 28.5 Å². The van der Waals surface area contributed by atoms with E-state index in [0.717, 1.165) is 11.9 Å². The van der Waals surface area contributed by atoms with Crippen LogP contribution in [0.25, 0.3) is 11.0 Å². The van der Waals surface area contributed by atoms with E-state index in [2.05, 4.69) is 44.2 Å². The Morgan fingerprint density at radius 1 is 1.00 bits per heavy atom. The number of nitrogens with zero attached hydrogens (tertiary/aromatic N) is 5. The van der Waals surface area contributed by atoms with Crippen molar-refractivity contribution in [3.05, 3.63) is 46.9 Å². The summed E-state index contributed by atoms with van der Waals surface area (Å²) in [5.74, 6) is 0.359. The summed E-state index contributed by atoms with van der Waals surface area (Å²) in [6, 6.07) is 8.67. The molecule has 4 rings (SSSR count). The number of rotatable bonds is 4. The van der Waals surface area contributed by atoms with Gasteiger partial charge in [0, 0.05) is 6.54 Å². The monoisotopic (exact) mass is 342 g/mol. The number of nitrogen functional groups attached to an aromatic ring is 1. The Balaban J connectivity index is 1.53. The Hall–Kier alpha value is -2.18. The summed E-state index contributed by atoms with van der Waals surface area (Å²) in [6.45, 7) is 4.08. The Bertz CT molecular complexity index is 851. The lowest BCUT2D eigenvalue weighted by atomic mass is 10.1. The fourth-order valence-electron chi connectivity index (χ4n) is 3.19. The molecule has 1 saturated heterocycles. The molecule has 1 aliphatic rings. The molecule has 1 fully saturated rings. The highest BCUT2D eigenvalue weighted by Gasteiger charge is 2.12. The average Bonchev–Trinajstić information content (AvgIpc) is 3.20. The minimum Gasteiger partial charge on any atom is -0.383 e. The van der Waals surface area contributed by atoms with Gasteiger partial charge in [-0.05, 0) is 48.7 Å². The smallest absolute Gasteiger partial charge is 0.226 e. The van der Waals surface area contributed by atoms with Crippen LogP contribution in [0.3, 0.4) is 0 Å². The molecule has 1 aromatic carbocycles. The SMILES string of the molecule is Nc1nc(Cl)nc2c1cnn2Cc1ccc(CN2CCCC2)cc1.